The molecule has 2 N–H and O–H groups in total. The van der Waals surface area contributed by atoms with E-state index in [0.717, 1.165) is 0 Å². The standard InChI is InChI=1S/C10H20N2O4/c1-4-16-7-8(2)11-10(15)12(3)6-5-9(13)14/h8H,4-7H2,1-3H3,(H,11,15)(H,13,14). The molecule has 16 heavy (non-hydrogen) atoms. The molecule has 0 aliphatic heterocycles. The molecule has 0 bridgehead atoms. The van der Waals surface area contributed by atoms with Crippen LogP contribution in [0.4, 0.5) is 4.79 Å². The Hall–Kier alpha value is -1.30. The maximum Gasteiger partial charge on any atom is 0.317 e. The summed E-state index contributed by atoms with van der Waals surface area (Å²) < 4.78 is 5.15. The number of ether oxygens (including phenoxy) is 1. The first-order valence-corrected chi connectivity index (χ1v) is 5.28. The van der Waals surface area contributed by atoms with Crippen LogP contribution in [0.15, 0.2) is 0 Å². The third kappa shape index (κ3) is 7.05. The molecule has 0 rings (SSSR count). The minimum atomic E-state index is -0.915. The van der Waals surface area contributed by atoms with Crippen molar-refractivity contribution in [3.63, 3.8) is 0 Å². The van der Waals surface area contributed by atoms with Crippen molar-refractivity contribution in [1.82, 2.24) is 10.2 Å². The Bertz CT molecular complexity index is 233. The zero-order valence-electron chi connectivity index (χ0n) is 10.0. The molecule has 0 spiro atoms. The van der Waals surface area contributed by atoms with Gasteiger partial charge in [-0.1, -0.05) is 0 Å². The SMILES string of the molecule is CCOCC(C)NC(=O)N(C)CCC(=O)O. The lowest BCUT2D eigenvalue weighted by Crippen LogP contribution is -2.44. The number of hydrogen-bond donors (Lipinski definition) is 2. The zero-order chi connectivity index (χ0) is 12.6. The fraction of sp³-hybridized carbons (Fsp3) is 0.800. The van der Waals surface area contributed by atoms with Crippen LogP contribution in [0.3, 0.4) is 0 Å². The molecule has 0 aliphatic carbocycles. The summed E-state index contributed by atoms with van der Waals surface area (Å²) in [6.45, 7) is 4.97. The number of nitrogens with one attached hydrogen (secondary N) is 1. The molecule has 6 nitrogen and oxygen atoms in total. The first-order valence-electron chi connectivity index (χ1n) is 5.28. The smallest absolute Gasteiger partial charge is 0.317 e. The largest absolute Gasteiger partial charge is 0.481 e. The van der Waals surface area contributed by atoms with E-state index >= 15 is 0 Å². The molecule has 2 amide bonds. The van der Waals surface area contributed by atoms with Crippen molar-refractivity contribution >= 4 is 12.0 Å². The van der Waals surface area contributed by atoms with Gasteiger partial charge in [-0.15, -0.1) is 0 Å². The highest BCUT2D eigenvalue weighted by atomic mass is 16.5. The van der Waals surface area contributed by atoms with E-state index in [1.54, 1.807) is 7.05 Å². The molecule has 0 heterocycles. The van der Waals surface area contributed by atoms with Gasteiger partial charge in [-0.05, 0) is 13.8 Å². The van der Waals surface area contributed by atoms with Gasteiger partial charge in [0.1, 0.15) is 0 Å². The fourth-order valence-electron chi connectivity index (χ4n) is 1.02. The quantitative estimate of drug-likeness (QED) is 0.671. The van der Waals surface area contributed by atoms with Gasteiger partial charge in [-0.25, -0.2) is 4.79 Å². The summed E-state index contributed by atoms with van der Waals surface area (Å²) >= 11 is 0. The second-order valence-electron chi connectivity index (χ2n) is 3.58. The predicted octanol–water partition coefficient (Wildman–Crippen LogP) is 0.527. The first-order chi connectivity index (χ1) is 7.47. The highest BCUT2D eigenvalue weighted by Crippen LogP contribution is 1.92. The minimum absolute atomic E-state index is 0.0518. The molecule has 94 valence electrons. The number of hydrogen-bond acceptors (Lipinski definition) is 3. The van der Waals surface area contributed by atoms with Crippen LogP contribution in [0.2, 0.25) is 0 Å². The predicted molar refractivity (Wildman–Crippen MR) is 59.4 cm³/mol. The summed E-state index contributed by atoms with van der Waals surface area (Å²) in [6.07, 6.45) is -0.0518. The topological polar surface area (TPSA) is 78.9 Å². The first kappa shape index (κ1) is 14.7. The lowest BCUT2D eigenvalue weighted by Gasteiger charge is -2.20. The number of aliphatic carboxylic acids is 1. The van der Waals surface area contributed by atoms with Crippen LogP contribution in [0.1, 0.15) is 20.3 Å². The fourth-order valence-corrected chi connectivity index (χ4v) is 1.02. The number of carboxylic acid groups (broad SMARTS) is 1. The summed E-state index contributed by atoms with van der Waals surface area (Å²) in [5, 5.41) is 11.2. The third-order valence-corrected chi connectivity index (χ3v) is 1.95. The average Bonchev–Trinajstić information content (AvgIpc) is 2.22. The van der Waals surface area contributed by atoms with E-state index in [0.29, 0.717) is 13.2 Å². The third-order valence-electron chi connectivity index (χ3n) is 1.95. The van der Waals surface area contributed by atoms with Gasteiger partial charge >= 0.3 is 12.0 Å². The van der Waals surface area contributed by atoms with E-state index in [1.807, 2.05) is 13.8 Å². The summed E-state index contributed by atoms with van der Waals surface area (Å²) in [7, 11) is 1.56. The van der Waals surface area contributed by atoms with Gasteiger partial charge in [0.2, 0.25) is 0 Å². The molecule has 0 fully saturated rings. The van der Waals surface area contributed by atoms with Gasteiger partial charge in [0.25, 0.3) is 0 Å². The number of carbonyl (C=O) groups excluding carboxylic acids is 1. The normalized spacial score (nSPS) is 11.9. The highest BCUT2D eigenvalue weighted by Gasteiger charge is 2.12. The number of rotatable bonds is 7. The summed E-state index contributed by atoms with van der Waals surface area (Å²) in [6, 6.07) is -0.367. The highest BCUT2D eigenvalue weighted by molar-refractivity contribution is 5.75. The number of carboxylic acids is 1. The van der Waals surface area contributed by atoms with Crippen molar-refractivity contribution in [3.8, 4) is 0 Å². The Morgan fingerprint density at radius 3 is 2.62 bits per heavy atom. The van der Waals surface area contributed by atoms with Crippen LogP contribution in [-0.4, -0.2) is 54.9 Å². The number of nitrogens with zero attached hydrogens (tertiary/aromatic N) is 1. The molecule has 6 heteroatoms. The molecule has 0 radical (unpaired) electrons. The summed E-state index contributed by atoms with van der Waals surface area (Å²) in [4.78, 5) is 23.2. The maximum atomic E-state index is 11.5. The minimum Gasteiger partial charge on any atom is -0.481 e. The van der Waals surface area contributed by atoms with E-state index in [4.69, 9.17) is 9.84 Å². The Morgan fingerprint density at radius 2 is 2.12 bits per heavy atom. The summed E-state index contributed by atoms with van der Waals surface area (Å²) in [5.74, 6) is -0.915. The van der Waals surface area contributed by atoms with Crippen LogP contribution < -0.4 is 5.32 Å². The molecular formula is C10H20N2O4. The van der Waals surface area contributed by atoms with Gasteiger partial charge in [0.05, 0.1) is 19.1 Å². The van der Waals surface area contributed by atoms with Crippen molar-refractivity contribution < 1.29 is 19.4 Å². The van der Waals surface area contributed by atoms with E-state index < -0.39 is 5.97 Å². The van der Waals surface area contributed by atoms with Gasteiger partial charge < -0.3 is 20.1 Å². The molecule has 0 saturated heterocycles. The molecule has 0 aromatic heterocycles. The van der Waals surface area contributed by atoms with Crippen molar-refractivity contribution in [2.75, 3.05) is 26.8 Å². The van der Waals surface area contributed by atoms with Gasteiger partial charge in [0, 0.05) is 20.2 Å². The lowest BCUT2D eigenvalue weighted by atomic mass is 10.3. The van der Waals surface area contributed by atoms with Crippen molar-refractivity contribution in [1.29, 1.82) is 0 Å². The summed E-state index contributed by atoms with van der Waals surface area (Å²) in [5.41, 5.74) is 0. The second kappa shape index (κ2) is 7.92. The molecular weight excluding hydrogens is 212 g/mol. The van der Waals surface area contributed by atoms with E-state index in [2.05, 4.69) is 5.32 Å². The maximum absolute atomic E-state index is 11.5. The van der Waals surface area contributed by atoms with Gasteiger partial charge in [-0.3, -0.25) is 4.79 Å². The van der Waals surface area contributed by atoms with Crippen LogP contribution >= 0.6 is 0 Å². The molecule has 0 aromatic rings. The zero-order valence-corrected chi connectivity index (χ0v) is 10.0. The Labute approximate surface area is 95.6 Å². The van der Waals surface area contributed by atoms with Crippen molar-refractivity contribution in [2.45, 2.75) is 26.3 Å². The second-order valence-corrected chi connectivity index (χ2v) is 3.58. The number of carbonyl (C=O) groups is 2. The molecule has 1 atom stereocenters. The van der Waals surface area contributed by atoms with Crippen molar-refractivity contribution in [3.05, 3.63) is 0 Å². The van der Waals surface area contributed by atoms with Crippen LogP contribution in [0.5, 0.6) is 0 Å². The van der Waals surface area contributed by atoms with E-state index in [1.165, 1.54) is 4.90 Å². The molecule has 0 saturated carbocycles. The Kier molecular flexibility index (Phi) is 7.28. The van der Waals surface area contributed by atoms with E-state index in [9.17, 15) is 9.59 Å². The lowest BCUT2D eigenvalue weighted by molar-refractivity contribution is -0.137. The molecule has 0 aromatic carbocycles. The van der Waals surface area contributed by atoms with Gasteiger partial charge in [0.15, 0.2) is 0 Å². The van der Waals surface area contributed by atoms with Gasteiger partial charge in [-0.2, -0.15) is 0 Å². The van der Waals surface area contributed by atoms with E-state index in [-0.39, 0.29) is 25.0 Å². The number of amides is 2. The van der Waals surface area contributed by atoms with Crippen LogP contribution in [0, 0.1) is 0 Å². The number of urea groups is 1. The Morgan fingerprint density at radius 1 is 1.50 bits per heavy atom. The monoisotopic (exact) mass is 232 g/mol. The van der Waals surface area contributed by atoms with Crippen molar-refractivity contribution in [2.24, 2.45) is 0 Å². The van der Waals surface area contributed by atoms with Crippen LogP contribution in [0.25, 0.3) is 0 Å². The molecule has 1 unspecified atom stereocenters. The Balaban J connectivity index is 3.81. The average molecular weight is 232 g/mol. The van der Waals surface area contributed by atoms with Crippen LogP contribution in [-0.2, 0) is 9.53 Å². The molecule has 0 aliphatic rings.